The first kappa shape index (κ1) is 11.1. The fourth-order valence-corrected chi connectivity index (χ4v) is 1.85. The van der Waals surface area contributed by atoms with Gasteiger partial charge in [-0.25, -0.2) is 0 Å². The van der Waals surface area contributed by atoms with Crippen molar-refractivity contribution in [1.82, 2.24) is 15.1 Å². The number of carbonyl (C=O) groups excluding carboxylic acids is 1. The third-order valence-corrected chi connectivity index (χ3v) is 2.89. The smallest absolute Gasteiger partial charge is 0.272 e. The Morgan fingerprint density at radius 1 is 1.75 bits per heavy atom. The molecule has 0 spiro atoms. The standard InChI is InChI=1S/C10H14N4OS/c1-14-5-4-7(13-14)10(15)12-8(9(11)16)6-2-3-6/h4-6,8H,2-3H2,1H3,(H2,11,16)(H,12,15). The van der Waals surface area contributed by atoms with Crippen LogP contribution in [0.2, 0.25) is 0 Å². The van der Waals surface area contributed by atoms with Gasteiger partial charge >= 0.3 is 0 Å². The predicted molar refractivity (Wildman–Crippen MR) is 64.0 cm³/mol. The summed E-state index contributed by atoms with van der Waals surface area (Å²) in [5.41, 5.74) is 5.99. The van der Waals surface area contributed by atoms with Crippen LogP contribution in [0.25, 0.3) is 0 Å². The van der Waals surface area contributed by atoms with Gasteiger partial charge in [-0.05, 0) is 24.8 Å². The second-order valence-corrected chi connectivity index (χ2v) is 4.54. The average Bonchev–Trinajstić information content (AvgIpc) is 2.96. The molecule has 1 aliphatic carbocycles. The van der Waals surface area contributed by atoms with E-state index in [-0.39, 0.29) is 11.9 Å². The van der Waals surface area contributed by atoms with Gasteiger partial charge in [-0.2, -0.15) is 5.10 Å². The number of aromatic nitrogens is 2. The van der Waals surface area contributed by atoms with Crippen LogP contribution in [0.15, 0.2) is 12.3 Å². The molecule has 1 amide bonds. The molecule has 1 unspecified atom stereocenters. The molecule has 1 fully saturated rings. The van der Waals surface area contributed by atoms with Crippen molar-refractivity contribution in [3.63, 3.8) is 0 Å². The molecule has 0 aromatic carbocycles. The summed E-state index contributed by atoms with van der Waals surface area (Å²) in [5.74, 6) is 0.190. The monoisotopic (exact) mass is 238 g/mol. The van der Waals surface area contributed by atoms with Gasteiger partial charge in [0, 0.05) is 13.2 Å². The van der Waals surface area contributed by atoms with Gasteiger partial charge in [-0.1, -0.05) is 12.2 Å². The van der Waals surface area contributed by atoms with E-state index in [2.05, 4.69) is 10.4 Å². The van der Waals surface area contributed by atoms with Crippen LogP contribution in [0, 0.1) is 5.92 Å². The number of thiocarbonyl (C=S) groups is 1. The number of nitrogens with two attached hydrogens (primary N) is 1. The SMILES string of the molecule is Cn1ccc(C(=O)NC(C(N)=S)C2CC2)n1. The number of nitrogens with one attached hydrogen (secondary N) is 1. The Labute approximate surface area is 99.0 Å². The normalized spacial score (nSPS) is 16.8. The fraction of sp³-hybridized carbons (Fsp3) is 0.500. The zero-order valence-corrected chi connectivity index (χ0v) is 9.83. The summed E-state index contributed by atoms with van der Waals surface area (Å²) in [5, 5.41) is 6.85. The summed E-state index contributed by atoms with van der Waals surface area (Å²) < 4.78 is 1.59. The van der Waals surface area contributed by atoms with E-state index in [1.165, 1.54) is 0 Å². The van der Waals surface area contributed by atoms with E-state index in [0.29, 0.717) is 16.6 Å². The number of amides is 1. The van der Waals surface area contributed by atoms with E-state index in [1.807, 2.05) is 0 Å². The Kier molecular flexibility index (Phi) is 2.91. The van der Waals surface area contributed by atoms with E-state index < -0.39 is 0 Å². The Bertz CT molecular complexity index is 424. The summed E-state index contributed by atoms with van der Waals surface area (Å²) in [4.78, 5) is 12.2. The van der Waals surface area contributed by atoms with Crippen LogP contribution in [-0.4, -0.2) is 26.7 Å². The molecule has 2 rings (SSSR count). The highest BCUT2D eigenvalue weighted by Crippen LogP contribution is 2.32. The van der Waals surface area contributed by atoms with Gasteiger partial charge < -0.3 is 11.1 Å². The van der Waals surface area contributed by atoms with Crippen molar-refractivity contribution < 1.29 is 4.79 Å². The molecule has 1 heterocycles. The van der Waals surface area contributed by atoms with Crippen LogP contribution >= 0.6 is 12.2 Å². The number of aryl methyl sites for hydroxylation is 1. The highest BCUT2D eigenvalue weighted by atomic mass is 32.1. The molecule has 0 bridgehead atoms. The number of rotatable bonds is 4. The summed E-state index contributed by atoms with van der Waals surface area (Å²) >= 11 is 4.94. The van der Waals surface area contributed by atoms with Crippen LogP contribution in [0.4, 0.5) is 0 Å². The zero-order chi connectivity index (χ0) is 11.7. The summed E-state index contributed by atoms with van der Waals surface area (Å²) in [7, 11) is 1.77. The molecule has 16 heavy (non-hydrogen) atoms. The minimum atomic E-state index is -0.217. The number of hydrogen-bond acceptors (Lipinski definition) is 3. The summed E-state index contributed by atoms with van der Waals surface area (Å²) in [6, 6.07) is 1.48. The van der Waals surface area contributed by atoms with Crippen LogP contribution in [0.3, 0.4) is 0 Å². The van der Waals surface area contributed by atoms with Crippen molar-refractivity contribution >= 4 is 23.1 Å². The van der Waals surface area contributed by atoms with E-state index in [1.54, 1.807) is 24.0 Å². The molecule has 0 aliphatic heterocycles. The Balaban J connectivity index is 2.02. The van der Waals surface area contributed by atoms with Crippen molar-refractivity contribution in [2.75, 3.05) is 0 Å². The maximum Gasteiger partial charge on any atom is 0.272 e. The molecule has 1 aliphatic rings. The van der Waals surface area contributed by atoms with Crippen molar-refractivity contribution in [2.24, 2.45) is 18.7 Å². The van der Waals surface area contributed by atoms with E-state index in [4.69, 9.17) is 18.0 Å². The zero-order valence-electron chi connectivity index (χ0n) is 9.01. The van der Waals surface area contributed by atoms with Crippen molar-refractivity contribution in [3.8, 4) is 0 Å². The van der Waals surface area contributed by atoms with Crippen LogP contribution < -0.4 is 11.1 Å². The first-order chi connectivity index (χ1) is 7.58. The summed E-state index contributed by atoms with van der Waals surface area (Å²) in [6.07, 6.45) is 3.87. The number of nitrogens with zero attached hydrogens (tertiary/aromatic N) is 2. The Morgan fingerprint density at radius 3 is 2.88 bits per heavy atom. The van der Waals surface area contributed by atoms with Gasteiger partial charge in [0.1, 0.15) is 5.69 Å². The maximum absolute atomic E-state index is 11.8. The molecule has 5 nitrogen and oxygen atoms in total. The Morgan fingerprint density at radius 2 is 2.44 bits per heavy atom. The topological polar surface area (TPSA) is 72.9 Å². The van der Waals surface area contributed by atoms with Crippen molar-refractivity contribution in [3.05, 3.63) is 18.0 Å². The quantitative estimate of drug-likeness (QED) is 0.736. The van der Waals surface area contributed by atoms with Gasteiger partial charge in [0.05, 0.1) is 11.0 Å². The van der Waals surface area contributed by atoms with E-state index >= 15 is 0 Å². The van der Waals surface area contributed by atoms with E-state index in [0.717, 1.165) is 12.8 Å². The first-order valence-electron chi connectivity index (χ1n) is 5.18. The maximum atomic E-state index is 11.8. The molecular formula is C10H14N4OS. The summed E-state index contributed by atoms with van der Waals surface area (Å²) in [6.45, 7) is 0. The molecule has 1 aromatic heterocycles. The van der Waals surface area contributed by atoms with Crippen LogP contribution in [0.5, 0.6) is 0 Å². The van der Waals surface area contributed by atoms with Gasteiger partial charge in [0.2, 0.25) is 0 Å². The van der Waals surface area contributed by atoms with Gasteiger partial charge in [0.15, 0.2) is 0 Å². The fourth-order valence-electron chi connectivity index (χ4n) is 1.60. The molecule has 86 valence electrons. The number of hydrogen-bond donors (Lipinski definition) is 2. The highest BCUT2D eigenvalue weighted by molar-refractivity contribution is 7.80. The van der Waals surface area contributed by atoms with E-state index in [9.17, 15) is 4.79 Å². The number of carbonyl (C=O) groups is 1. The average molecular weight is 238 g/mol. The molecule has 1 aromatic rings. The second kappa shape index (κ2) is 4.21. The molecule has 3 N–H and O–H groups in total. The predicted octanol–water partition coefficient (Wildman–Crippen LogP) is 0.215. The third-order valence-electron chi connectivity index (χ3n) is 2.63. The minimum Gasteiger partial charge on any atom is -0.392 e. The third kappa shape index (κ3) is 2.38. The lowest BCUT2D eigenvalue weighted by Gasteiger charge is -2.15. The molecular weight excluding hydrogens is 224 g/mol. The lowest BCUT2D eigenvalue weighted by atomic mass is 10.2. The largest absolute Gasteiger partial charge is 0.392 e. The highest BCUT2D eigenvalue weighted by Gasteiger charge is 2.34. The van der Waals surface area contributed by atoms with Crippen molar-refractivity contribution in [2.45, 2.75) is 18.9 Å². The molecule has 1 saturated carbocycles. The first-order valence-corrected chi connectivity index (χ1v) is 5.58. The minimum absolute atomic E-state index is 0.190. The van der Waals surface area contributed by atoms with Crippen LogP contribution in [0.1, 0.15) is 23.3 Å². The van der Waals surface area contributed by atoms with Gasteiger partial charge in [0.25, 0.3) is 5.91 Å². The molecule has 1 atom stereocenters. The van der Waals surface area contributed by atoms with Gasteiger partial charge in [-0.15, -0.1) is 0 Å². The molecule has 6 heteroatoms. The second-order valence-electron chi connectivity index (χ2n) is 4.07. The lowest BCUT2D eigenvalue weighted by molar-refractivity contribution is 0.0938. The molecule has 0 saturated heterocycles. The lowest BCUT2D eigenvalue weighted by Crippen LogP contribution is -2.45. The van der Waals surface area contributed by atoms with Gasteiger partial charge in [-0.3, -0.25) is 9.48 Å². The Hall–Kier alpha value is -1.43. The molecule has 0 radical (unpaired) electrons. The van der Waals surface area contributed by atoms with Crippen LogP contribution in [-0.2, 0) is 7.05 Å². The van der Waals surface area contributed by atoms with Crippen molar-refractivity contribution in [1.29, 1.82) is 0 Å².